The molecule has 1 atom stereocenters. The van der Waals surface area contributed by atoms with E-state index < -0.39 is 6.03 Å². The van der Waals surface area contributed by atoms with Crippen molar-refractivity contribution in [2.24, 2.45) is 4.99 Å². The second kappa shape index (κ2) is 9.30. The number of anilines is 2. The van der Waals surface area contributed by atoms with E-state index in [9.17, 15) is 9.59 Å². The number of hydrogen-bond donors (Lipinski definition) is 1. The summed E-state index contributed by atoms with van der Waals surface area (Å²) >= 11 is 0. The molecule has 8 heteroatoms. The highest BCUT2D eigenvalue weighted by Crippen LogP contribution is 2.34. The third-order valence-electron chi connectivity index (χ3n) is 6.05. The predicted octanol–water partition coefficient (Wildman–Crippen LogP) is 4.03. The van der Waals surface area contributed by atoms with E-state index in [-0.39, 0.29) is 17.7 Å². The van der Waals surface area contributed by atoms with Crippen molar-refractivity contribution < 1.29 is 9.59 Å². The molecule has 2 aromatic heterocycles. The van der Waals surface area contributed by atoms with Gasteiger partial charge in [0.1, 0.15) is 5.71 Å². The minimum Gasteiger partial charge on any atom is -0.306 e. The molecule has 0 aliphatic carbocycles. The van der Waals surface area contributed by atoms with E-state index in [1.54, 1.807) is 35.6 Å². The Kier molecular flexibility index (Phi) is 5.91. The monoisotopic (exact) mass is 440 g/mol. The van der Waals surface area contributed by atoms with Gasteiger partial charge >= 0.3 is 6.03 Å². The van der Waals surface area contributed by atoms with Gasteiger partial charge in [0.15, 0.2) is 0 Å². The molecule has 2 aliphatic heterocycles. The van der Waals surface area contributed by atoms with E-state index in [0.29, 0.717) is 17.9 Å². The number of carbonyl (C=O) groups excluding carboxylic acids is 2. The molecule has 166 valence electrons. The quantitative estimate of drug-likeness (QED) is 0.662. The van der Waals surface area contributed by atoms with Gasteiger partial charge in [0.25, 0.3) is 5.91 Å². The van der Waals surface area contributed by atoms with Crippen molar-refractivity contribution in [3.63, 3.8) is 0 Å². The molecule has 2 aliphatic rings. The molecule has 1 saturated heterocycles. The maximum absolute atomic E-state index is 13.4. The number of fused-ring (bicyclic) bond motifs is 1. The number of nitrogens with one attached hydrogen (secondary N) is 1. The minimum atomic E-state index is -0.590. The summed E-state index contributed by atoms with van der Waals surface area (Å²) in [5, 5.41) is 2.69. The molecule has 4 heterocycles. The molecule has 5 rings (SSSR count). The van der Waals surface area contributed by atoms with E-state index in [4.69, 9.17) is 0 Å². The highest BCUT2D eigenvalue weighted by atomic mass is 16.2. The first-order chi connectivity index (χ1) is 16.2. The van der Waals surface area contributed by atoms with Crippen LogP contribution in [0.5, 0.6) is 0 Å². The number of para-hydroxylation sites is 1. The number of carbonyl (C=O) groups is 2. The smallest absolute Gasteiger partial charge is 0.306 e. The Bertz CT molecular complexity index is 1180. The molecule has 1 fully saturated rings. The average Bonchev–Trinajstić information content (AvgIpc) is 3.11. The highest BCUT2D eigenvalue weighted by molar-refractivity contribution is 6.55. The van der Waals surface area contributed by atoms with Crippen LogP contribution in [0.25, 0.3) is 0 Å². The van der Waals surface area contributed by atoms with E-state index in [0.717, 1.165) is 37.1 Å². The first-order valence-corrected chi connectivity index (χ1v) is 11.1. The summed E-state index contributed by atoms with van der Waals surface area (Å²) in [5.41, 5.74) is 3.33. The van der Waals surface area contributed by atoms with Crippen LogP contribution in [0.1, 0.15) is 36.4 Å². The van der Waals surface area contributed by atoms with Gasteiger partial charge in [-0.1, -0.05) is 30.7 Å². The first kappa shape index (κ1) is 21.0. The standard InChI is InChI=1S/C25H24N6O2/c32-24-23(29-25(33)28-19-10-13-26-14-11-19)20-7-1-2-9-22(20)31(24)17-30-15-4-3-8-21(30)18-6-5-12-27-16-18/h1-2,5-7,9-14,16,21H,3-4,8,15,17H2,(H,26,28,33). The molecule has 33 heavy (non-hydrogen) atoms. The Morgan fingerprint density at radius 3 is 2.70 bits per heavy atom. The lowest BCUT2D eigenvalue weighted by Gasteiger charge is -2.38. The second-order valence-electron chi connectivity index (χ2n) is 8.13. The largest absolute Gasteiger partial charge is 0.346 e. The number of aromatic nitrogens is 2. The Balaban J connectivity index is 1.41. The van der Waals surface area contributed by atoms with Gasteiger partial charge in [-0.3, -0.25) is 24.6 Å². The lowest BCUT2D eigenvalue weighted by Crippen LogP contribution is -2.44. The van der Waals surface area contributed by atoms with Gasteiger partial charge < -0.3 is 5.32 Å². The Labute approximate surface area is 192 Å². The number of rotatable bonds is 4. The number of urea groups is 1. The van der Waals surface area contributed by atoms with Crippen molar-refractivity contribution >= 4 is 29.0 Å². The van der Waals surface area contributed by atoms with Crippen LogP contribution < -0.4 is 10.2 Å². The fraction of sp³-hybridized carbons (Fsp3) is 0.240. The summed E-state index contributed by atoms with van der Waals surface area (Å²) in [6.07, 6.45) is 10.1. The molecule has 0 saturated carbocycles. The summed E-state index contributed by atoms with van der Waals surface area (Å²) in [7, 11) is 0. The van der Waals surface area contributed by atoms with Crippen LogP contribution in [0, 0.1) is 0 Å². The van der Waals surface area contributed by atoms with Gasteiger partial charge in [0.2, 0.25) is 0 Å². The predicted molar refractivity (Wildman–Crippen MR) is 126 cm³/mol. The fourth-order valence-corrected chi connectivity index (χ4v) is 4.49. The normalized spacial score (nSPS) is 19.5. The van der Waals surface area contributed by atoms with E-state index in [1.807, 2.05) is 36.5 Å². The molecule has 1 aromatic carbocycles. The van der Waals surface area contributed by atoms with Crippen LogP contribution in [0.3, 0.4) is 0 Å². The topological polar surface area (TPSA) is 90.8 Å². The number of benzene rings is 1. The van der Waals surface area contributed by atoms with Gasteiger partial charge in [-0.15, -0.1) is 0 Å². The summed E-state index contributed by atoms with van der Waals surface area (Å²) in [5.74, 6) is -0.267. The Morgan fingerprint density at radius 1 is 1.03 bits per heavy atom. The summed E-state index contributed by atoms with van der Waals surface area (Å²) < 4.78 is 0. The van der Waals surface area contributed by atoms with Gasteiger partial charge in [0.05, 0.1) is 12.4 Å². The van der Waals surface area contributed by atoms with Crippen LogP contribution in [0.4, 0.5) is 16.2 Å². The molecule has 3 aromatic rings. The van der Waals surface area contributed by atoms with Gasteiger partial charge in [-0.2, -0.15) is 4.99 Å². The maximum Gasteiger partial charge on any atom is 0.346 e. The van der Waals surface area contributed by atoms with Crippen LogP contribution >= 0.6 is 0 Å². The molecule has 0 radical (unpaired) electrons. The average molecular weight is 441 g/mol. The minimum absolute atomic E-state index is 0.159. The third kappa shape index (κ3) is 4.38. The molecule has 1 unspecified atom stereocenters. The number of pyridine rings is 2. The second-order valence-corrected chi connectivity index (χ2v) is 8.13. The highest BCUT2D eigenvalue weighted by Gasteiger charge is 2.37. The van der Waals surface area contributed by atoms with Gasteiger partial charge in [0, 0.05) is 48.6 Å². The number of amides is 3. The first-order valence-electron chi connectivity index (χ1n) is 11.1. The van der Waals surface area contributed by atoms with Crippen LogP contribution in [0.2, 0.25) is 0 Å². The van der Waals surface area contributed by atoms with Gasteiger partial charge in [-0.05, 0) is 42.7 Å². The lowest BCUT2D eigenvalue weighted by atomic mass is 9.97. The molecule has 1 N–H and O–H groups in total. The Hall–Kier alpha value is -3.91. The van der Waals surface area contributed by atoms with E-state index in [2.05, 4.69) is 31.2 Å². The summed E-state index contributed by atoms with van der Waals surface area (Å²) in [4.78, 5) is 42.4. The fourth-order valence-electron chi connectivity index (χ4n) is 4.49. The third-order valence-corrected chi connectivity index (χ3v) is 6.05. The zero-order chi connectivity index (χ0) is 22.6. The molecule has 0 spiro atoms. The molecular weight excluding hydrogens is 416 g/mol. The lowest BCUT2D eigenvalue weighted by molar-refractivity contribution is -0.112. The van der Waals surface area contributed by atoms with Crippen LogP contribution in [-0.2, 0) is 4.79 Å². The molecular formula is C25H24N6O2. The van der Waals surface area contributed by atoms with Gasteiger partial charge in [-0.25, -0.2) is 4.79 Å². The van der Waals surface area contributed by atoms with Crippen molar-refractivity contribution in [3.8, 4) is 0 Å². The van der Waals surface area contributed by atoms with E-state index >= 15 is 0 Å². The number of piperidine rings is 1. The summed E-state index contributed by atoms with van der Waals surface area (Å²) in [6.45, 7) is 1.32. The van der Waals surface area contributed by atoms with E-state index in [1.165, 1.54) is 0 Å². The Morgan fingerprint density at radius 2 is 1.88 bits per heavy atom. The van der Waals surface area contributed by atoms with Crippen molar-refractivity contribution in [2.75, 3.05) is 23.4 Å². The number of hydrogen-bond acceptors (Lipinski definition) is 5. The summed E-state index contributed by atoms with van der Waals surface area (Å²) in [6, 6.07) is 14.5. The van der Waals surface area contributed by atoms with Crippen LogP contribution in [0.15, 0.2) is 78.3 Å². The molecule has 8 nitrogen and oxygen atoms in total. The van der Waals surface area contributed by atoms with Crippen molar-refractivity contribution in [3.05, 3.63) is 84.4 Å². The van der Waals surface area contributed by atoms with Crippen molar-refractivity contribution in [1.29, 1.82) is 0 Å². The zero-order valence-electron chi connectivity index (χ0n) is 18.1. The number of aliphatic imine (C=N–C) groups is 1. The van der Waals surface area contributed by atoms with Crippen molar-refractivity contribution in [1.82, 2.24) is 14.9 Å². The number of nitrogens with zero attached hydrogens (tertiary/aromatic N) is 5. The molecule has 0 bridgehead atoms. The number of likely N-dealkylation sites (tertiary alicyclic amines) is 1. The van der Waals surface area contributed by atoms with Crippen LogP contribution in [-0.4, -0.2) is 45.7 Å². The van der Waals surface area contributed by atoms with Crippen molar-refractivity contribution in [2.45, 2.75) is 25.3 Å². The SMILES string of the molecule is O=C(N=C1C(=O)N(CN2CCCCC2c2cccnc2)c2ccccc21)Nc1ccncc1. The maximum atomic E-state index is 13.4. The zero-order valence-corrected chi connectivity index (χ0v) is 18.1. The molecule has 3 amide bonds.